The summed E-state index contributed by atoms with van der Waals surface area (Å²) >= 11 is 0. The lowest BCUT2D eigenvalue weighted by atomic mass is 10.1. The van der Waals surface area contributed by atoms with Crippen LogP contribution in [-0.2, 0) is 20.9 Å². The maximum atomic E-state index is 12.2. The summed E-state index contributed by atoms with van der Waals surface area (Å²) in [6.07, 6.45) is -0.615. The molecule has 2 amide bonds. The molecule has 1 aromatic carbocycles. The van der Waals surface area contributed by atoms with Crippen LogP contribution >= 0.6 is 0 Å². The van der Waals surface area contributed by atoms with Gasteiger partial charge in [0.25, 0.3) is 0 Å². The first-order chi connectivity index (χ1) is 10.9. The van der Waals surface area contributed by atoms with Crippen molar-refractivity contribution in [3.8, 4) is 0 Å². The molecule has 0 aliphatic carbocycles. The third kappa shape index (κ3) is 5.56. The number of rotatable bonds is 4. The van der Waals surface area contributed by atoms with Gasteiger partial charge in [0, 0.05) is 13.1 Å². The van der Waals surface area contributed by atoms with Gasteiger partial charge in [0.2, 0.25) is 5.91 Å². The molecule has 1 aliphatic rings. The van der Waals surface area contributed by atoms with Gasteiger partial charge in [-0.15, -0.1) is 0 Å². The van der Waals surface area contributed by atoms with Gasteiger partial charge in [-0.1, -0.05) is 30.3 Å². The molecule has 1 heterocycles. The summed E-state index contributed by atoms with van der Waals surface area (Å²) in [4.78, 5) is 25.6. The van der Waals surface area contributed by atoms with Crippen LogP contribution in [0.4, 0.5) is 4.79 Å². The Morgan fingerprint density at radius 2 is 2.04 bits per heavy atom. The molecular formula is C17H24N2O4. The smallest absolute Gasteiger partial charge is 0.407 e. The molecule has 0 aromatic heterocycles. The van der Waals surface area contributed by atoms with E-state index in [2.05, 4.69) is 5.32 Å². The number of nitrogens with one attached hydrogen (secondary N) is 1. The second-order valence-corrected chi connectivity index (χ2v) is 6.38. The van der Waals surface area contributed by atoms with E-state index in [1.807, 2.05) is 51.1 Å². The minimum absolute atomic E-state index is 0.0206. The predicted molar refractivity (Wildman–Crippen MR) is 85.8 cm³/mol. The highest BCUT2D eigenvalue weighted by Gasteiger charge is 2.33. The van der Waals surface area contributed by atoms with Crippen LogP contribution in [0.5, 0.6) is 0 Å². The van der Waals surface area contributed by atoms with Crippen molar-refractivity contribution in [2.75, 3.05) is 19.6 Å². The molecule has 2 rings (SSSR count). The molecule has 1 aromatic rings. The van der Waals surface area contributed by atoms with Crippen LogP contribution in [0, 0.1) is 0 Å². The van der Waals surface area contributed by atoms with Crippen molar-refractivity contribution in [3.63, 3.8) is 0 Å². The summed E-state index contributed by atoms with van der Waals surface area (Å²) < 4.78 is 10.8. The molecule has 1 saturated heterocycles. The Balaban J connectivity index is 1.74. The van der Waals surface area contributed by atoms with Gasteiger partial charge in [-0.2, -0.15) is 0 Å². The minimum atomic E-state index is -0.595. The van der Waals surface area contributed by atoms with Crippen molar-refractivity contribution >= 4 is 12.0 Å². The van der Waals surface area contributed by atoms with Gasteiger partial charge in [0.15, 0.2) is 0 Å². The molecule has 1 atom stereocenters. The zero-order chi connectivity index (χ0) is 16.9. The van der Waals surface area contributed by atoms with Crippen molar-refractivity contribution in [1.82, 2.24) is 10.2 Å². The van der Waals surface area contributed by atoms with Gasteiger partial charge in [0.05, 0.1) is 11.7 Å². The Labute approximate surface area is 136 Å². The topological polar surface area (TPSA) is 67.9 Å². The molecule has 1 N–H and O–H groups in total. The molecule has 6 heteroatoms. The van der Waals surface area contributed by atoms with Gasteiger partial charge in [-0.3, -0.25) is 4.79 Å². The first kappa shape index (κ1) is 17.3. The molecule has 0 radical (unpaired) electrons. The quantitative estimate of drug-likeness (QED) is 0.920. The molecule has 0 bridgehead atoms. The predicted octanol–water partition coefficient (Wildman–Crippen LogP) is 1.94. The van der Waals surface area contributed by atoms with E-state index in [1.54, 1.807) is 4.90 Å². The lowest BCUT2D eigenvalue weighted by Gasteiger charge is -2.41. The van der Waals surface area contributed by atoms with E-state index in [0.717, 1.165) is 5.56 Å². The van der Waals surface area contributed by atoms with Crippen molar-refractivity contribution < 1.29 is 19.1 Å². The third-order valence-electron chi connectivity index (χ3n) is 3.52. The zero-order valence-corrected chi connectivity index (χ0v) is 13.9. The summed E-state index contributed by atoms with van der Waals surface area (Å²) in [6, 6.07) is 9.39. The fraction of sp³-hybridized carbons (Fsp3) is 0.529. The van der Waals surface area contributed by atoms with E-state index in [1.165, 1.54) is 0 Å². The summed E-state index contributed by atoms with van der Waals surface area (Å²) in [7, 11) is 0. The fourth-order valence-electron chi connectivity index (χ4n) is 2.68. The molecular weight excluding hydrogens is 296 g/mol. The monoisotopic (exact) mass is 320 g/mol. The lowest BCUT2D eigenvalue weighted by molar-refractivity contribution is -0.157. The number of nitrogens with zero attached hydrogens (tertiary/aromatic N) is 1. The van der Waals surface area contributed by atoms with Gasteiger partial charge < -0.3 is 19.7 Å². The number of hydrogen-bond acceptors (Lipinski definition) is 4. The van der Waals surface area contributed by atoms with E-state index in [4.69, 9.17) is 9.47 Å². The van der Waals surface area contributed by atoms with Crippen LogP contribution in [0.15, 0.2) is 30.3 Å². The molecule has 0 spiro atoms. The Morgan fingerprint density at radius 1 is 1.35 bits per heavy atom. The maximum Gasteiger partial charge on any atom is 0.407 e. The number of carbonyl (C=O) groups is 2. The van der Waals surface area contributed by atoms with Crippen LogP contribution in [0.25, 0.3) is 0 Å². The van der Waals surface area contributed by atoms with E-state index in [0.29, 0.717) is 13.1 Å². The zero-order valence-electron chi connectivity index (χ0n) is 13.9. The highest BCUT2D eigenvalue weighted by atomic mass is 16.5. The molecule has 0 unspecified atom stereocenters. The number of hydrogen-bond donors (Lipinski definition) is 1. The fourth-order valence-corrected chi connectivity index (χ4v) is 2.68. The van der Waals surface area contributed by atoms with E-state index in [9.17, 15) is 9.59 Å². The third-order valence-corrected chi connectivity index (χ3v) is 3.52. The summed E-state index contributed by atoms with van der Waals surface area (Å²) in [5.41, 5.74) is 0.527. The van der Waals surface area contributed by atoms with Crippen molar-refractivity contribution in [1.29, 1.82) is 0 Å². The largest absolute Gasteiger partial charge is 0.445 e. The number of carbonyl (C=O) groups excluding carboxylic acids is 2. The van der Waals surface area contributed by atoms with Crippen molar-refractivity contribution in [2.24, 2.45) is 0 Å². The van der Waals surface area contributed by atoms with E-state index in [-0.39, 0.29) is 30.8 Å². The maximum absolute atomic E-state index is 12.2. The normalized spacial score (nSPS) is 20.0. The molecule has 6 nitrogen and oxygen atoms in total. The van der Waals surface area contributed by atoms with E-state index >= 15 is 0 Å². The number of morpholine rings is 1. The second-order valence-electron chi connectivity index (χ2n) is 6.38. The Hall–Kier alpha value is -2.08. The van der Waals surface area contributed by atoms with Gasteiger partial charge in [-0.25, -0.2) is 4.79 Å². The summed E-state index contributed by atoms with van der Waals surface area (Å²) in [6.45, 7) is 6.98. The van der Waals surface area contributed by atoms with Crippen LogP contribution in [0.1, 0.15) is 26.3 Å². The molecule has 23 heavy (non-hydrogen) atoms. The first-order valence-corrected chi connectivity index (χ1v) is 7.76. The summed E-state index contributed by atoms with van der Waals surface area (Å²) in [5.74, 6) is -0.134. The number of ether oxygens (including phenoxy) is 2. The van der Waals surface area contributed by atoms with Gasteiger partial charge >= 0.3 is 6.09 Å². The minimum Gasteiger partial charge on any atom is -0.445 e. The highest BCUT2D eigenvalue weighted by Crippen LogP contribution is 2.20. The van der Waals surface area contributed by atoms with Crippen LogP contribution in [0.2, 0.25) is 0 Å². The number of alkyl carbamates (subject to hydrolysis) is 1. The SMILES string of the molecule is C[C@@H]1CN(C(=O)CNC(=O)OCc2ccccc2)CC(C)(C)O1. The average Bonchev–Trinajstić information content (AvgIpc) is 2.49. The van der Waals surface area contributed by atoms with Gasteiger partial charge in [0.1, 0.15) is 13.2 Å². The summed E-state index contributed by atoms with van der Waals surface area (Å²) in [5, 5.41) is 2.50. The van der Waals surface area contributed by atoms with Crippen LogP contribution < -0.4 is 5.32 Å². The highest BCUT2D eigenvalue weighted by molar-refractivity contribution is 5.82. The Morgan fingerprint density at radius 3 is 2.70 bits per heavy atom. The molecule has 126 valence electrons. The van der Waals surface area contributed by atoms with Crippen molar-refractivity contribution in [2.45, 2.75) is 39.1 Å². The molecule has 0 saturated carbocycles. The van der Waals surface area contributed by atoms with Crippen LogP contribution in [-0.4, -0.2) is 48.2 Å². The standard InChI is InChI=1S/C17H24N2O4/c1-13-10-19(12-17(2,3)23-13)15(20)9-18-16(21)22-11-14-7-5-4-6-8-14/h4-8,13H,9-12H2,1-3H3,(H,18,21)/t13-/m1/s1. The Bertz CT molecular complexity index is 545. The average molecular weight is 320 g/mol. The van der Waals surface area contributed by atoms with Crippen LogP contribution in [0.3, 0.4) is 0 Å². The first-order valence-electron chi connectivity index (χ1n) is 7.76. The number of benzene rings is 1. The molecule has 1 fully saturated rings. The van der Waals surface area contributed by atoms with E-state index < -0.39 is 6.09 Å². The Kier molecular flexibility index (Phi) is 5.60. The second kappa shape index (κ2) is 7.46. The van der Waals surface area contributed by atoms with Crippen molar-refractivity contribution in [3.05, 3.63) is 35.9 Å². The molecule has 1 aliphatic heterocycles. The lowest BCUT2D eigenvalue weighted by Crippen LogP contribution is -2.55. The number of amides is 2. The van der Waals surface area contributed by atoms with Gasteiger partial charge in [-0.05, 0) is 26.3 Å².